The summed E-state index contributed by atoms with van der Waals surface area (Å²) in [6.45, 7) is 1.00. The van der Waals surface area contributed by atoms with E-state index in [0.717, 1.165) is 27.6 Å². The van der Waals surface area contributed by atoms with Gasteiger partial charge in [-0.15, -0.1) is 0 Å². The van der Waals surface area contributed by atoms with Crippen LogP contribution in [0.15, 0.2) is 54.7 Å². The second kappa shape index (κ2) is 37.8. The number of ether oxygens (including phenoxy) is 2. The van der Waals surface area contributed by atoms with Gasteiger partial charge in [0.15, 0.2) is 0 Å². The summed E-state index contributed by atoms with van der Waals surface area (Å²) in [7, 11) is 1.15. The number of methoxy groups -OCH3 is 1. The number of rotatable bonds is 32. The number of aromatic nitrogens is 1. The summed E-state index contributed by atoms with van der Waals surface area (Å²) >= 11 is 2.23. The number of hydrogen-bond donors (Lipinski definition) is 7. The first-order chi connectivity index (χ1) is 44.5. The number of hydrogen-bond acceptors (Lipinski definition) is 19. The lowest BCUT2D eigenvalue weighted by atomic mass is 10.1. The first-order valence-electron chi connectivity index (χ1n) is 31.1. The summed E-state index contributed by atoms with van der Waals surface area (Å²) in [5.41, 5.74) is 1.76. The second-order valence-electron chi connectivity index (χ2n) is 23.2. The molecule has 2 aromatic carbocycles. The Kier molecular flexibility index (Phi) is 30.2. The van der Waals surface area contributed by atoms with E-state index in [1.807, 2.05) is 24.3 Å². The summed E-state index contributed by atoms with van der Waals surface area (Å²) in [5, 5.41) is 49.6. The van der Waals surface area contributed by atoms with Crippen LogP contribution < -0.4 is 26.0 Å². The number of alkyl halides is 2. The van der Waals surface area contributed by atoms with Gasteiger partial charge in [-0.05, 0) is 116 Å². The molecule has 3 atom stereocenters. The minimum atomic E-state index is -3.20. The van der Waals surface area contributed by atoms with E-state index in [1.54, 1.807) is 48.8 Å². The number of esters is 1. The van der Waals surface area contributed by atoms with Crippen molar-refractivity contribution in [2.45, 2.75) is 88.3 Å². The van der Waals surface area contributed by atoms with Gasteiger partial charge in [0, 0.05) is 113 Å². The van der Waals surface area contributed by atoms with Crippen LogP contribution in [0.3, 0.4) is 0 Å². The number of nitrogens with zero attached hydrogens (tertiary/aromatic N) is 9. The number of carboxylic acid groups (broad SMARTS) is 3. The molecule has 6 amide bonds. The third-order valence-electron chi connectivity index (χ3n) is 16.2. The van der Waals surface area contributed by atoms with Crippen LogP contribution in [0.2, 0.25) is 0 Å². The number of benzene rings is 2. The van der Waals surface area contributed by atoms with Crippen LogP contribution >= 0.6 is 22.6 Å². The molecule has 3 aromatic rings. The lowest BCUT2D eigenvalue weighted by Gasteiger charge is -2.36. The summed E-state index contributed by atoms with van der Waals surface area (Å²) in [5.74, 6) is -10.4. The van der Waals surface area contributed by atoms with Crippen LogP contribution in [0, 0.1) is 14.9 Å². The lowest BCUT2D eigenvalue weighted by Crippen LogP contribution is -2.58. The monoisotopic (exact) mass is 1420 g/mol. The minimum Gasteiger partial charge on any atom is -0.494 e. The fraction of sp³-hybridized carbons (Fsp3) is 0.581. The largest absolute Gasteiger partial charge is 0.494 e. The van der Waals surface area contributed by atoms with Gasteiger partial charge in [0.1, 0.15) is 23.9 Å². The van der Waals surface area contributed by atoms with Gasteiger partial charge >= 0.3 is 23.9 Å². The Morgan fingerprint density at radius 2 is 1.31 bits per heavy atom. The highest BCUT2D eigenvalue weighted by Gasteiger charge is 2.47. The maximum Gasteiger partial charge on any atom is 0.317 e. The summed E-state index contributed by atoms with van der Waals surface area (Å²) in [6.07, 6.45) is 3.93. The van der Waals surface area contributed by atoms with E-state index in [1.165, 1.54) is 12.3 Å². The number of piperazine rings is 1. The number of fused-ring (bicyclic) bond motifs is 1. The van der Waals surface area contributed by atoms with Gasteiger partial charge in [-0.2, -0.15) is 5.26 Å². The molecule has 1 aromatic heterocycles. The van der Waals surface area contributed by atoms with Gasteiger partial charge in [-0.25, -0.2) is 8.78 Å². The Balaban J connectivity index is 1.04. The molecule has 0 unspecified atom stereocenters. The topological polar surface area (TPSA) is 357 Å². The third-order valence-corrected chi connectivity index (χ3v) is 16.9. The average molecular weight is 1420 g/mol. The molecule has 3 fully saturated rings. The van der Waals surface area contributed by atoms with Crippen molar-refractivity contribution in [2.75, 3.05) is 145 Å². The Hall–Kier alpha value is -7.77. The number of carbonyl (C=O) groups is 10. The second-order valence-corrected chi connectivity index (χ2v) is 24.5. The zero-order valence-corrected chi connectivity index (χ0v) is 54.4. The molecule has 508 valence electrons. The Morgan fingerprint density at radius 1 is 0.710 bits per heavy atom. The molecule has 0 saturated carbocycles. The van der Waals surface area contributed by atoms with E-state index in [9.17, 15) is 77.3 Å². The third kappa shape index (κ3) is 25.9. The molecule has 0 spiro atoms. The summed E-state index contributed by atoms with van der Waals surface area (Å²) in [4.78, 5) is 145. The molecule has 0 aliphatic carbocycles. The number of amides is 6. The molecule has 31 heteroatoms. The van der Waals surface area contributed by atoms with Crippen molar-refractivity contribution in [3.63, 3.8) is 0 Å². The molecule has 4 heterocycles. The molecule has 93 heavy (non-hydrogen) atoms. The number of nitriles is 1. The highest BCUT2D eigenvalue weighted by Crippen LogP contribution is 2.32. The molecular formula is C62H84F2IN13O15. The van der Waals surface area contributed by atoms with Crippen molar-refractivity contribution >= 4 is 92.8 Å². The van der Waals surface area contributed by atoms with Crippen LogP contribution in [0.5, 0.6) is 5.75 Å². The number of likely N-dealkylation sites (tertiary alicyclic amines) is 1. The lowest BCUT2D eigenvalue weighted by molar-refractivity contribution is -0.147. The maximum absolute atomic E-state index is 14.5. The maximum atomic E-state index is 14.5. The number of aliphatic carboxylic acids is 3. The first-order valence-corrected chi connectivity index (χ1v) is 32.2. The van der Waals surface area contributed by atoms with Gasteiger partial charge in [0.05, 0.1) is 76.6 Å². The van der Waals surface area contributed by atoms with E-state index in [0.29, 0.717) is 81.4 Å². The standard InChI is InChI=1S/C62H84F2IN13O15/c1-92-58(88)34-51(61(91)77-30-28-72(29-31-77)19-4-5-32-93-46-14-15-49-48(33-46)47(16-18-67-49)59(89)69-37-54(81)78-42-62(63,64)35-45(78)36-66)71-60(90)50(8-2-3-17-68-52(79)9-6-7-43-10-12-44(65)13-11-43)70-53(80)38-73-20-22-74(39-55(82)83)24-26-76(41-57(86)87)27-25-75(23-21-73)40-56(84)85/h10-16,18,33,45,50-51H,2-9,17,19-32,34-35,37-42H2,1H3,(H,68,79)(H,69,89)(H,70,80)(H,71,90)(H,82,83)(H,84,85)(H,86,87)/t45-,50+,51+/m1/s1. The van der Waals surface area contributed by atoms with E-state index in [-0.39, 0.29) is 116 Å². The Morgan fingerprint density at radius 3 is 1.90 bits per heavy atom. The van der Waals surface area contributed by atoms with E-state index in [4.69, 9.17) is 9.47 Å². The molecule has 7 N–H and O–H groups in total. The first kappa shape index (κ1) is 74.3. The van der Waals surface area contributed by atoms with E-state index in [2.05, 4.69) is 53.7 Å². The van der Waals surface area contributed by atoms with E-state index < -0.39 is 103 Å². The summed E-state index contributed by atoms with van der Waals surface area (Å²) in [6, 6.07) is 12.3. The Labute approximate surface area is 551 Å². The van der Waals surface area contributed by atoms with E-state index >= 15 is 0 Å². The quantitative estimate of drug-likeness (QED) is 0.0260. The van der Waals surface area contributed by atoms with Crippen molar-refractivity contribution in [3.05, 3.63) is 69.4 Å². The van der Waals surface area contributed by atoms with Crippen LogP contribution in [0.25, 0.3) is 10.9 Å². The zero-order valence-electron chi connectivity index (χ0n) is 52.2. The minimum absolute atomic E-state index is 0.0558. The highest BCUT2D eigenvalue weighted by molar-refractivity contribution is 14.1. The number of aryl methyl sites for hydroxylation is 1. The molecular weight excluding hydrogens is 1330 g/mol. The number of unbranched alkanes of at least 4 members (excludes halogenated alkanes) is 2. The number of halogens is 3. The van der Waals surface area contributed by atoms with Crippen molar-refractivity contribution in [1.29, 1.82) is 5.26 Å². The Bertz CT molecular complexity index is 3070. The van der Waals surface area contributed by atoms with Crippen molar-refractivity contribution in [2.24, 2.45) is 0 Å². The normalized spacial score (nSPS) is 17.8. The van der Waals surface area contributed by atoms with Gasteiger partial charge in [0.2, 0.25) is 29.5 Å². The van der Waals surface area contributed by atoms with Crippen LogP contribution in [0.1, 0.15) is 73.7 Å². The fourth-order valence-corrected chi connectivity index (χ4v) is 11.5. The van der Waals surface area contributed by atoms with Gasteiger partial charge < -0.3 is 55.9 Å². The number of nitrogens with one attached hydrogen (secondary N) is 4. The van der Waals surface area contributed by atoms with Crippen molar-refractivity contribution in [1.82, 2.24) is 60.6 Å². The fourth-order valence-electron chi connectivity index (χ4n) is 11.1. The number of carboxylic acids is 3. The van der Waals surface area contributed by atoms with Crippen molar-refractivity contribution in [3.8, 4) is 11.8 Å². The smallest absolute Gasteiger partial charge is 0.317 e. The summed E-state index contributed by atoms with van der Waals surface area (Å²) < 4.78 is 40.0. The highest BCUT2D eigenvalue weighted by atomic mass is 127. The number of carbonyl (C=O) groups excluding carboxylic acids is 7. The van der Waals surface area contributed by atoms with Gasteiger partial charge in [0.25, 0.3) is 11.8 Å². The molecule has 3 aliphatic heterocycles. The molecule has 0 bridgehead atoms. The SMILES string of the molecule is COC(=O)C[C@H](NC(=O)[C@H](CCCCNC(=O)CCCc1ccc(I)cc1)NC(=O)CN1CCN(CC(=O)O)CCN(CC(=O)O)CCN(CC(=O)O)CC1)C(=O)N1CCN(CCCCOc2ccc3nccc(C(=O)NCC(=O)N4CC(F)(F)C[C@@H]4C#N)c3c2)CC1. The van der Waals surface area contributed by atoms with Gasteiger partial charge in [-0.1, -0.05) is 12.1 Å². The predicted molar refractivity (Wildman–Crippen MR) is 341 cm³/mol. The molecule has 28 nitrogen and oxygen atoms in total. The van der Waals surface area contributed by atoms with Crippen molar-refractivity contribution < 1.29 is 81.5 Å². The average Bonchev–Trinajstić information content (AvgIpc) is 1.83. The van der Waals surface area contributed by atoms with Crippen LogP contribution in [-0.2, 0) is 54.3 Å². The van der Waals surface area contributed by atoms with Gasteiger partial charge in [-0.3, -0.25) is 77.4 Å². The molecule has 0 radical (unpaired) electrons. The zero-order chi connectivity index (χ0) is 67.5. The van der Waals surface area contributed by atoms with Crippen LogP contribution in [0.4, 0.5) is 8.78 Å². The van der Waals surface area contributed by atoms with Crippen LogP contribution in [-0.4, -0.2) is 283 Å². The predicted octanol–water partition coefficient (Wildman–Crippen LogP) is 0.950. The molecule has 3 saturated heterocycles. The molecule has 3 aliphatic rings. The molecule has 6 rings (SSSR count). The number of pyridine rings is 1.